The summed E-state index contributed by atoms with van der Waals surface area (Å²) >= 11 is 1.48. The Kier molecular flexibility index (Phi) is 2.21. The number of hydrogen-bond acceptors (Lipinski definition) is 4. The molecule has 2 aromatic rings. The number of ether oxygens (including phenoxy) is 2. The molecule has 0 unspecified atom stereocenters. The minimum absolute atomic E-state index is 0.283. The van der Waals surface area contributed by atoms with Crippen molar-refractivity contribution in [1.29, 1.82) is 0 Å². The molecular weight excluding hydrogens is 200 g/mol. The van der Waals surface area contributed by atoms with E-state index in [1.807, 2.05) is 6.07 Å². The third-order valence-electron chi connectivity index (χ3n) is 2.06. The molecule has 3 nitrogen and oxygen atoms in total. The first-order valence-corrected chi connectivity index (χ1v) is 4.96. The molecule has 0 aliphatic heterocycles. The lowest BCUT2D eigenvalue weighted by atomic mass is 10.2. The summed E-state index contributed by atoms with van der Waals surface area (Å²) < 4.78 is 11.3. The van der Waals surface area contributed by atoms with Gasteiger partial charge in [-0.15, -0.1) is 11.3 Å². The first kappa shape index (κ1) is 9.15. The molecule has 0 bridgehead atoms. The molecule has 0 aliphatic carbocycles. The van der Waals surface area contributed by atoms with Gasteiger partial charge in [0, 0.05) is 21.5 Å². The number of hydrogen-bond donors (Lipinski definition) is 1. The largest absolute Gasteiger partial charge is 0.506 e. The van der Waals surface area contributed by atoms with Crippen molar-refractivity contribution < 1.29 is 14.6 Å². The molecular formula is C10H10O3S. The van der Waals surface area contributed by atoms with Gasteiger partial charge in [0.2, 0.25) is 0 Å². The lowest BCUT2D eigenvalue weighted by Crippen LogP contribution is -1.89. The van der Waals surface area contributed by atoms with E-state index in [1.54, 1.807) is 25.7 Å². The summed E-state index contributed by atoms with van der Waals surface area (Å²) in [5.41, 5.74) is 0. The van der Waals surface area contributed by atoms with Crippen LogP contribution >= 0.6 is 11.3 Å². The van der Waals surface area contributed by atoms with Gasteiger partial charge in [0.05, 0.1) is 14.2 Å². The van der Waals surface area contributed by atoms with Crippen LogP contribution in [0.4, 0.5) is 0 Å². The minimum atomic E-state index is 0.283. The van der Waals surface area contributed by atoms with E-state index in [9.17, 15) is 5.11 Å². The van der Waals surface area contributed by atoms with Crippen molar-refractivity contribution in [3.8, 4) is 17.2 Å². The normalized spacial score (nSPS) is 10.4. The molecule has 0 aliphatic rings. The lowest BCUT2D eigenvalue weighted by Gasteiger charge is -2.06. The Morgan fingerprint density at radius 1 is 1.14 bits per heavy atom. The molecule has 1 aromatic carbocycles. The Labute approximate surface area is 85.5 Å². The molecule has 1 heterocycles. The summed E-state index contributed by atoms with van der Waals surface area (Å²) in [6.07, 6.45) is 0. The molecule has 4 heteroatoms. The minimum Gasteiger partial charge on any atom is -0.506 e. The van der Waals surface area contributed by atoms with Crippen molar-refractivity contribution in [3.63, 3.8) is 0 Å². The average Bonchev–Trinajstić information content (AvgIpc) is 2.58. The molecule has 0 saturated heterocycles. The van der Waals surface area contributed by atoms with Crippen LogP contribution in [0.15, 0.2) is 17.5 Å². The highest BCUT2D eigenvalue weighted by Crippen LogP contribution is 2.39. The summed E-state index contributed by atoms with van der Waals surface area (Å²) in [7, 11) is 3.17. The van der Waals surface area contributed by atoms with Crippen molar-refractivity contribution in [2.75, 3.05) is 14.2 Å². The molecule has 0 amide bonds. The van der Waals surface area contributed by atoms with Crippen LogP contribution in [-0.4, -0.2) is 19.3 Å². The highest BCUT2D eigenvalue weighted by atomic mass is 32.1. The average molecular weight is 210 g/mol. The van der Waals surface area contributed by atoms with Crippen LogP contribution in [0.2, 0.25) is 0 Å². The van der Waals surface area contributed by atoms with Gasteiger partial charge in [0.15, 0.2) is 11.5 Å². The number of methoxy groups -OCH3 is 2. The molecule has 0 fully saturated rings. The Balaban J connectivity index is 2.71. The van der Waals surface area contributed by atoms with Crippen LogP contribution in [-0.2, 0) is 0 Å². The third-order valence-corrected chi connectivity index (χ3v) is 2.99. The van der Waals surface area contributed by atoms with Crippen molar-refractivity contribution in [1.82, 2.24) is 0 Å². The molecule has 0 atom stereocenters. The van der Waals surface area contributed by atoms with E-state index in [2.05, 4.69) is 0 Å². The number of thiophene rings is 1. The molecule has 1 aromatic heterocycles. The van der Waals surface area contributed by atoms with Crippen LogP contribution in [0.1, 0.15) is 0 Å². The predicted molar refractivity (Wildman–Crippen MR) is 56.6 cm³/mol. The molecule has 74 valence electrons. The van der Waals surface area contributed by atoms with Gasteiger partial charge in [-0.3, -0.25) is 0 Å². The monoisotopic (exact) mass is 210 g/mol. The number of aromatic hydroxyl groups is 1. The van der Waals surface area contributed by atoms with Gasteiger partial charge >= 0.3 is 0 Å². The third kappa shape index (κ3) is 1.28. The van der Waals surface area contributed by atoms with E-state index < -0.39 is 0 Å². The Bertz CT molecular complexity index is 462. The summed E-state index contributed by atoms with van der Waals surface area (Å²) in [6.45, 7) is 0. The highest BCUT2D eigenvalue weighted by Gasteiger charge is 2.09. The van der Waals surface area contributed by atoms with E-state index in [-0.39, 0.29) is 5.75 Å². The fraction of sp³-hybridized carbons (Fsp3) is 0.200. The zero-order chi connectivity index (χ0) is 10.1. The van der Waals surface area contributed by atoms with E-state index >= 15 is 0 Å². The van der Waals surface area contributed by atoms with Crippen molar-refractivity contribution >= 4 is 21.4 Å². The van der Waals surface area contributed by atoms with Gasteiger partial charge in [-0.2, -0.15) is 0 Å². The Morgan fingerprint density at radius 3 is 2.43 bits per heavy atom. The summed E-state index contributed by atoms with van der Waals surface area (Å²) in [5, 5.41) is 12.0. The summed E-state index contributed by atoms with van der Waals surface area (Å²) in [5.74, 6) is 1.60. The van der Waals surface area contributed by atoms with Gasteiger partial charge in [-0.25, -0.2) is 0 Å². The lowest BCUT2D eigenvalue weighted by molar-refractivity contribution is 0.356. The van der Waals surface area contributed by atoms with Crippen molar-refractivity contribution in [2.45, 2.75) is 0 Å². The molecule has 1 N–H and O–H groups in total. The van der Waals surface area contributed by atoms with Crippen LogP contribution in [0.5, 0.6) is 17.2 Å². The van der Waals surface area contributed by atoms with Crippen LogP contribution in [0.25, 0.3) is 10.1 Å². The van der Waals surface area contributed by atoms with E-state index in [4.69, 9.17) is 9.47 Å². The maximum Gasteiger partial charge on any atom is 0.162 e. The van der Waals surface area contributed by atoms with Crippen LogP contribution in [0, 0.1) is 0 Å². The SMILES string of the molecule is COc1cc2scc(O)c2cc1OC. The molecule has 14 heavy (non-hydrogen) atoms. The van der Waals surface area contributed by atoms with Gasteiger partial charge in [-0.05, 0) is 6.07 Å². The molecule has 2 rings (SSSR count). The smallest absolute Gasteiger partial charge is 0.162 e. The van der Waals surface area contributed by atoms with Crippen molar-refractivity contribution in [2.24, 2.45) is 0 Å². The maximum absolute atomic E-state index is 9.51. The van der Waals surface area contributed by atoms with Gasteiger partial charge in [0.25, 0.3) is 0 Å². The zero-order valence-electron chi connectivity index (χ0n) is 7.90. The predicted octanol–water partition coefficient (Wildman–Crippen LogP) is 2.62. The second-order valence-electron chi connectivity index (χ2n) is 2.82. The summed E-state index contributed by atoms with van der Waals surface area (Å²) in [6, 6.07) is 3.64. The quantitative estimate of drug-likeness (QED) is 0.828. The molecule has 0 spiro atoms. The standard InChI is InChI=1S/C10H10O3S/c1-12-8-3-6-7(11)5-14-10(6)4-9(8)13-2/h3-5,11H,1-2H3. The van der Waals surface area contributed by atoms with Crippen molar-refractivity contribution in [3.05, 3.63) is 17.5 Å². The molecule has 0 radical (unpaired) electrons. The number of rotatable bonds is 2. The topological polar surface area (TPSA) is 38.7 Å². The number of benzene rings is 1. The summed E-state index contributed by atoms with van der Waals surface area (Å²) in [4.78, 5) is 0. The molecule has 0 saturated carbocycles. The van der Waals surface area contributed by atoms with Gasteiger partial charge < -0.3 is 14.6 Å². The maximum atomic E-state index is 9.51. The van der Waals surface area contributed by atoms with E-state index in [1.165, 1.54) is 11.3 Å². The van der Waals surface area contributed by atoms with E-state index in [0.29, 0.717) is 11.5 Å². The van der Waals surface area contributed by atoms with Gasteiger partial charge in [-0.1, -0.05) is 0 Å². The van der Waals surface area contributed by atoms with E-state index in [0.717, 1.165) is 10.1 Å². The second kappa shape index (κ2) is 3.38. The first-order chi connectivity index (χ1) is 6.76. The highest BCUT2D eigenvalue weighted by molar-refractivity contribution is 7.17. The zero-order valence-corrected chi connectivity index (χ0v) is 8.72. The second-order valence-corrected chi connectivity index (χ2v) is 3.74. The number of fused-ring (bicyclic) bond motifs is 1. The Morgan fingerprint density at radius 2 is 1.79 bits per heavy atom. The fourth-order valence-corrected chi connectivity index (χ4v) is 2.17. The fourth-order valence-electron chi connectivity index (χ4n) is 1.34. The van der Waals surface area contributed by atoms with Crippen LogP contribution < -0.4 is 9.47 Å². The van der Waals surface area contributed by atoms with Gasteiger partial charge in [0.1, 0.15) is 5.75 Å². The Hall–Kier alpha value is -1.42. The van der Waals surface area contributed by atoms with Crippen LogP contribution in [0.3, 0.4) is 0 Å². The first-order valence-electron chi connectivity index (χ1n) is 4.08.